The van der Waals surface area contributed by atoms with Crippen LogP contribution < -0.4 is 4.72 Å². The van der Waals surface area contributed by atoms with Gasteiger partial charge in [0.15, 0.2) is 0 Å². The number of hydrogen-bond acceptors (Lipinski definition) is 4. The Morgan fingerprint density at radius 2 is 1.79 bits per heavy atom. The van der Waals surface area contributed by atoms with Gasteiger partial charge >= 0.3 is 6.18 Å². The van der Waals surface area contributed by atoms with E-state index in [0.29, 0.717) is 10.7 Å². The van der Waals surface area contributed by atoms with Gasteiger partial charge in [-0.25, -0.2) is 5.06 Å². The van der Waals surface area contributed by atoms with E-state index in [9.17, 15) is 18.0 Å². The summed E-state index contributed by atoms with van der Waals surface area (Å²) < 4.78 is 41.7. The van der Waals surface area contributed by atoms with Gasteiger partial charge in [0.25, 0.3) is 5.91 Å². The van der Waals surface area contributed by atoms with Crippen LogP contribution in [0.5, 0.6) is 0 Å². The number of amides is 1. The molecule has 0 fully saturated rings. The van der Waals surface area contributed by atoms with Crippen LogP contribution in [0.1, 0.15) is 29.8 Å². The van der Waals surface area contributed by atoms with Gasteiger partial charge in [-0.05, 0) is 48.3 Å². The molecule has 28 heavy (non-hydrogen) atoms. The summed E-state index contributed by atoms with van der Waals surface area (Å²) in [5.74, 6) is -0.445. The lowest BCUT2D eigenvalue weighted by atomic mass is 10.1. The molecule has 1 amide bonds. The van der Waals surface area contributed by atoms with Crippen molar-refractivity contribution < 1.29 is 22.8 Å². The third-order valence-corrected chi connectivity index (χ3v) is 4.67. The zero-order valence-electron chi connectivity index (χ0n) is 15.5. The predicted octanol–water partition coefficient (Wildman–Crippen LogP) is 6.79. The number of anilines is 1. The number of benzene rings is 2. The van der Waals surface area contributed by atoms with Crippen molar-refractivity contribution in [2.45, 2.75) is 24.9 Å². The highest BCUT2D eigenvalue weighted by Gasteiger charge is 2.33. The molecule has 0 atom stereocenters. The van der Waals surface area contributed by atoms with E-state index in [4.69, 9.17) is 28.0 Å². The van der Waals surface area contributed by atoms with E-state index in [1.807, 2.05) is 13.8 Å². The van der Waals surface area contributed by atoms with Crippen molar-refractivity contribution in [1.82, 2.24) is 5.06 Å². The largest absolute Gasteiger partial charge is 0.417 e. The first kappa shape index (κ1) is 24.4. The molecule has 0 spiro atoms. The van der Waals surface area contributed by atoms with Crippen molar-refractivity contribution in [2.24, 2.45) is 0 Å². The average Bonchev–Trinajstić information content (AvgIpc) is 2.67. The Balaban J connectivity index is 0.00000190. The molecule has 0 aromatic heterocycles. The van der Waals surface area contributed by atoms with Gasteiger partial charge in [-0.3, -0.25) is 9.63 Å². The highest BCUT2D eigenvalue weighted by atomic mass is 35.5. The van der Waals surface area contributed by atoms with Crippen molar-refractivity contribution in [3.63, 3.8) is 0 Å². The van der Waals surface area contributed by atoms with Crippen LogP contribution in [0.4, 0.5) is 18.9 Å². The zero-order chi connectivity index (χ0) is 21.5. The van der Waals surface area contributed by atoms with Crippen molar-refractivity contribution in [1.29, 1.82) is 0 Å². The van der Waals surface area contributed by atoms with E-state index in [1.54, 1.807) is 0 Å². The van der Waals surface area contributed by atoms with Crippen molar-refractivity contribution in [3.8, 4) is 0 Å². The molecule has 0 aliphatic heterocycles. The molecule has 4 nitrogen and oxygen atoms in total. The Labute approximate surface area is 176 Å². The lowest BCUT2D eigenvalue weighted by molar-refractivity contribution is -0.137. The standard InChI is InChI=1S/C16H13Cl2F3N2O2S.C2H6/c1-23(25-2)15(24)11-5-3-9(17)7-14(11)22-26-10-4-6-13(18)12(8-10)16(19,20)21;1-2/h3-8,22H,1-2H3;1-2H3. The van der Waals surface area contributed by atoms with Gasteiger partial charge in [0.2, 0.25) is 0 Å². The van der Waals surface area contributed by atoms with Crippen LogP contribution >= 0.6 is 35.1 Å². The number of hydrogen-bond donors (Lipinski definition) is 1. The van der Waals surface area contributed by atoms with Crippen molar-refractivity contribution in [2.75, 3.05) is 18.9 Å². The van der Waals surface area contributed by atoms with E-state index in [-0.39, 0.29) is 15.5 Å². The fraction of sp³-hybridized carbons (Fsp3) is 0.278. The number of carbonyl (C=O) groups is 1. The van der Waals surface area contributed by atoms with Gasteiger partial charge in [-0.15, -0.1) is 0 Å². The number of rotatable bonds is 5. The van der Waals surface area contributed by atoms with Crippen LogP contribution in [0, 0.1) is 0 Å². The lowest BCUT2D eigenvalue weighted by Gasteiger charge is -2.17. The summed E-state index contributed by atoms with van der Waals surface area (Å²) in [6.07, 6.45) is -4.56. The molecule has 0 unspecified atom stereocenters. The number of nitrogens with one attached hydrogen (secondary N) is 1. The normalized spacial score (nSPS) is 10.8. The third-order valence-electron chi connectivity index (χ3n) is 3.29. The predicted molar refractivity (Wildman–Crippen MR) is 108 cm³/mol. The van der Waals surface area contributed by atoms with E-state index >= 15 is 0 Å². The topological polar surface area (TPSA) is 41.6 Å². The summed E-state index contributed by atoms with van der Waals surface area (Å²) in [4.78, 5) is 17.4. The maximum atomic E-state index is 12.9. The number of nitrogens with zero attached hydrogens (tertiary/aromatic N) is 1. The first-order valence-corrected chi connectivity index (χ1v) is 9.62. The second-order valence-corrected chi connectivity index (χ2v) is 6.74. The molecule has 0 bridgehead atoms. The van der Waals surface area contributed by atoms with E-state index in [1.165, 1.54) is 38.4 Å². The van der Waals surface area contributed by atoms with Gasteiger partial charge in [-0.2, -0.15) is 13.2 Å². The minimum atomic E-state index is -4.56. The fourth-order valence-electron chi connectivity index (χ4n) is 1.94. The van der Waals surface area contributed by atoms with Crippen molar-refractivity contribution in [3.05, 3.63) is 57.6 Å². The Bertz CT molecular complexity index is 820. The average molecular weight is 455 g/mol. The number of hydroxylamine groups is 2. The van der Waals surface area contributed by atoms with Crippen molar-refractivity contribution >= 4 is 46.7 Å². The summed E-state index contributed by atoms with van der Waals surface area (Å²) in [7, 11) is 2.77. The zero-order valence-corrected chi connectivity index (χ0v) is 17.9. The van der Waals surface area contributed by atoms with Crippen LogP contribution in [0.15, 0.2) is 41.3 Å². The van der Waals surface area contributed by atoms with Crippen LogP contribution in [0.25, 0.3) is 0 Å². The maximum absolute atomic E-state index is 12.9. The molecule has 2 aromatic carbocycles. The summed E-state index contributed by atoms with van der Waals surface area (Å²) in [6, 6.07) is 8.03. The van der Waals surface area contributed by atoms with Crippen LogP contribution in [-0.4, -0.2) is 25.1 Å². The molecule has 10 heteroatoms. The van der Waals surface area contributed by atoms with Crippen LogP contribution in [0.3, 0.4) is 0 Å². The number of alkyl halides is 3. The molecular weight excluding hydrogens is 436 g/mol. The second-order valence-electron chi connectivity index (χ2n) is 5.02. The Morgan fingerprint density at radius 3 is 2.36 bits per heavy atom. The molecule has 0 radical (unpaired) electrons. The molecule has 0 aliphatic rings. The van der Waals surface area contributed by atoms with Gasteiger partial charge in [0, 0.05) is 17.0 Å². The number of halogens is 5. The molecule has 2 rings (SSSR count). The minimum Gasteiger partial charge on any atom is -0.325 e. The highest BCUT2D eigenvalue weighted by Crippen LogP contribution is 2.37. The summed E-state index contributed by atoms with van der Waals surface area (Å²) in [5.41, 5.74) is -0.358. The minimum absolute atomic E-state index is 0.247. The number of carbonyl (C=O) groups excluding carboxylic acids is 1. The summed E-state index contributed by atoms with van der Waals surface area (Å²) in [5, 5.41) is 0.988. The van der Waals surface area contributed by atoms with Gasteiger partial charge in [0.05, 0.1) is 28.9 Å². The Hall–Kier alpha value is -1.61. The third kappa shape index (κ3) is 6.48. The molecule has 0 heterocycles. The second kappa shape index (κ2) is 10.8. The van der Waals surface area contributed by atoms with Gasteiger partial charge in [-0.1, -0.05) is 37.0 Å². The summed E-state index contributed by atoms with van der Waals surface area (Å²) in [6.45, 7) is 4.00. The quantitative estimate of drug-likeness (QED) is 0.398. The van der Waals surface area contributed by atoms with Crippen LogP contribution in [-0.2, 0) is 11.0 Å². The van der Waals surface area contributed by atoms with Gasteiger partial charge in [0.1, 0.15) is 0 Å². The monoisotopic (exact) mass is 454 g/mol. The smallest absolute Gasteiger partial charge is 0.325 e. The molecular formula is C18H19Cl2F3N2O2S. The Kier molecular flexibility index (Phi) is 9.43. The highest BCUT2D eigenvalue weighted by molar-refractivity contribution is 8.00. The first-order chi connectivity index (χ1) is 13.1. The molecule has 0 aliphatic carbocycles. The maximum Gasteiger partial charge on any atom is 0.417 e. The van der Waals surface area contributed by atoms with Gasteiger partial charge < -0.3 is 4.72 Å². The molecule has 154 valence electrons. The first-order valence-electron chi connectivity index (χ1n) is 8.04. The van der Waals surface area contributed by atoms with E-state index < -0.39 is 17.6 Å². The van der Waals surface area contributed by atoms with E-state index in [2.05, 4.69) is 4.72 Å². The van der Waals surface area contributed by atoms with Crippen LogP contribution in [0.2, 0.25) is 10.0 Å². The molecule has 0 saturated heterocycles. The lowest BCUT2D eigenvalue weighted by Crippen LogP contribution is -2.26. The molecule has 2 aromatic rings. The Morgan fingerprint density at radius 1 is 1.14 bits per heavy atom. The SMILES string of the molecule is CC.CON(C)C(=O)c1ccc(Cl)cc1NSc1ccc(Cl)c(C(F)(F)F)c1. The molecule has 0 saturated carbocycles. The molecule has 1 N–H and O–H groups in total. The fourth-order valence-corrected chi connectivity index (χ4v) is 3.05. The van der Waals surface area contributed by atoms with E-state index in [0.717, 1.165) is 29.1 Å². The summed E-state index contributed by atoms with van der Waals surface area (Å²) >= 11 is 12.4.